The van der Waals surface area contributed by atoms with Crippen molar-refractivity contribution in [3.05, 3.63) is 0 Å². The molecule has 0 radical (unpaired) electrons. The minimum atomic E-state index is 0.481. The van der Waals surface area contributed by atoms with Crippen molar-refractivity contribution in [1.82, 2.24) is 5.32 Å². The van der Waals surface area contributed by atoms with E-state index in [4.69, 9.17) is 4.74 Å². The lowest BCUT2D eigenvalue weighted by Crippen LogP contribution is -2.41. The van der Waals surface area contributed by atoms with E-state index in [2.05, 4.69) is 19.2 Å². The van der Waals surface area contributed by atoms with Gasteiger partial charge in [0.25, 0.3) is 0 Å². The van der Waals surface area contributed by atoms with Gasteiger partial charge in [-0.05, 0) is 44.4 Å². The summed E-state index contributed by atoms with van der Waals surface area (Å²) < 4.78 is 5.80. The molecule has 2 atom stereocenters. The molecule has 0 aromatic heterocycles. The van der Waals surface area contributed by atoms with Crippen molar-refractivity contribution in [2.45, 2.75) is 64.6 Å². The number of nitrogens with one attached hydrogen (secondary N) is 1. The zero-order chi connectivity index (χ0) is 10.7. The summed E-state index contributed by atoms with van der Waals surface area (Å²) in [7, 11) is 0. The van der Waals surface area contributed by atoms with Crippen LogP contribution in [-0.2, 0) is 4.74 Å². The summed E-state index contributed by atoms with van der Waals surface area (Å²) in [4.78, 5) is 0. The lowest BCUT2D eigenvalue weighted by molar-refractivity contribution is 0.0496. The average Bonchev–Trinajstić information content (AvgIpc) is 2.56. The van der Waals surface area contributed by atoms with Crippen molar-refractivity contribution < 1.29 is 4.74 Å². The second-order valence-electron chi connectivity index (χ2n) is 5.48. The smallest absolute Gasteiger partial charge is 0.0704 e. The molecular formula is C13H25NO. The van der Waals surface area contributed by atoms with Gasteiger partial charge >= 0.3 is 0 Å². The van der Waals surface area contributed by atoms with Crippen molar-refractivity contribution in [3.63, 3.8) is 0 Å². The summed E-state index contributed by atoms with van der Waals surface area (Å²) in [6.07, 6.45) is 9.08. The van der Waals surface area contributed by atoms with Crippen LogP contribution in [0.3, 0.4) is 0 Å². The molecule has 2 fully saturated rings. The van der Waals surface area contributed by atoms with E-state index in [1.807, 2.05) is 0 Å². The molecule has 1 aliphatic carbocycles. The number of rotatable bonds is 5. The molecule has 2 rings (SSSR count). The SMILES string of the molecule is CCC1(CNCC2CCC(C)O2)CCC1. The topological polar surface area (TPSA) is 21.3 Å². The Kier molecular flexibility index (Phi) is 3.68. The van der Waals surface area contributed by atoms with Crippen LogP contribution in [0, 0.1) is 5.41 Å². The predicted octanol–water partition coefficient (Wildman–Crippen LogP) is 2.72. The molecule has 0 spiro atoms. The Morgan fingerprint density at radius 2 is 2.13 bits per heavy atom. The van der Waals surface area contributed by atoms with Crippen LogP contribution < -0.4 is 5.32 Å². The zero-order valence-electron chi connectivity index (χ0n) is 10.2. The van der Waals surface area contributed by atoms with Crippen molar-refractivity contribution in [1.29, 1.82) is 0 Å². The van der Waals surface area contributed by atoms with Gasteiger partial charge < -0.3 is 10.1 Å². The van der Waals surface area contributed by atoms with E-state index >= 15 is 0 Å². The standard InChI is InChI=1S/C13H25NO/c1-3-13(7-4-8-13)10-14-9-12-6-5-11(2)15-12/h11-12,14H,3-10H2,1-2H3. The van der Waals surface area contributed by atoms with Crippen LogP contribution in [0.25, 0.3) is 0 Å². The highest BCUT2D eigenvalue weighted by molar-refractivity contribution is 4.88. The van der Waals surface area contributed by atoms with E-state index in [-0.39, 0.29) is 0 Å². The van der Waals surface area contributed by atoms with Gasteiger partial charge in [0.2, 0.25) is 0 Å². The number of ether oxygens (including phenoxy) is 1. The van der Waals surface area contributed by atoms with Crippen LogP contribution in [-0.4, -0.2) is 25.3 Å². The highest BCUT2D eigenvalue weighted by Crippen LogP contribution is 2.43. The van der Waals surface area contributed by atoms with Gasteiger partial charge in [0, 0.05) is 13.1 Å². The third kappa shape index (κ3) is 2.73. The first-order valence-electron chi connectivity index (χ1n) is 6.60. The lowest BCUT2D eigenvalue weighted by atomic mass is 9.67. The molecule has 1 aliphatic heterocycles. The minimum absolute atomic E-state index is 0.481. The molecule has 2 nitrogen and oxygen atoms in total. The Labute approximate surface area is 93.8 Å². The van der Waals surface area contributed by atoms with Crippen molar-refractivity contribution >= 4 is 0 Å². The molecule has 0 amide bonds. The first-order chi connectivity index (χ1) is 7.24. The van der Waals surface area contributed by atoms with E-state index < -0.39 is 0 Å². The monoisotopic (exact) mass is 211 g/mol. The van der Waals surface area contributed by atoms with Gasteiger partial charge in [-0.1, -0.05) is 13.3 Å². The number of hydrogen-bond donors (Lipinski definition) is 1. The molecule has 15 heavy (non-hydrogen) atoms. The Hall–Kier alpha value is -0.0800. The van der Waals surface area contributed by atoms with Crippen molar-refractivity contribution in [3.8, 4) is 0 Å². The molecule has 88 valence electrons. The van der Waals surface area contributed by atoms with Gasteiger partial charge in [-0.2, -0.15) is 0 Å². The van der Waals surface area contributed by atoms with Gasteiger partial charge in [-0.15, -0.1) is 0 Å². The molecule has 1 saturated carbocycles. The van der Waals surface area contributed by atoms with Crippen LogP contribution in [0.5, 0.6) is 0 Å². The maximum Gasteiger partial charge on any atom is 0.0704 e. The molecule has 2 unspecified atom stereocenters. The summed E-state index contributed by atoms with van der Waals surface area (Å²) in [5.41, 5.74) is 0.643. The highest BCUT2D eigenvalue weighted by Gasteiger charge is 2.34. The minimum Gasteiger partial charge on any atom is -0.374 e. The Balaban J connectivity index is 1.62. The lowest BCUT2D eigenvalue weighted by Gasteiger charge is -2.41. The fourth-order valence-electron chi connectivity index (χ4n) is 2.87. The molecule has 1 heterocycles. The number of hydrogen-bond acceptors (Lipinski definition) is 2. The van der Waals surface area contributed by atoms with Crippen LogP contribution in [0.15, 0.2) is 0 Å². The maximum atomic E-state index is 5.80. The Bertz CT molecular complexity index is 195. The van der Waals surface area contributed by atoms with E-state index in [1.54, 1.807) is 0 Å². The second-order valence-corrected chi connectivity index (χ2v) is 5.48. The van der Waals surface area contributed by atoms with E-state index in [9.17, 15) is 0 Å². The third-order valence-corrected chi connectivity index (χ3v) is 4.36. The molecule has 0 aromatic carbocycles. The van der Waals surface area contributed by atoms with E-state index in [0.717, 1.165) is 6.54 Å². The van der Waals surface area contributed by atoms with Crippen molar-refractivity contribution in [2.75, 3.05) is 13.1 Å². The first kappa shape index (κ1) is 11.4. The molecule has 0 bridgehead atoms. The fourth-order valence-corrected chi connectivity index (χ4v) is 2.87. The van der Waals surface area contributed by atoms with Gasteiger partial charge in [0.05, 0.1) is 12.2 Å². The Morgan fingerprint density at radius 3 is 2.60 bits per heavy atom. The summed E-state index contributed by atoms with van der Waals surface area (Å²) in [5, 5.41) is 3.62. The van der Waals surface area contributed by atoms with E-state index in [0.29, 0.717) is 17.6 Å². The van der Waals surface area contributed by atoms with Crippen LogP contribution in [0.4, 0.5) is 0 Å². The zero-order valence-corrected chi connectivity index (χ0v) is 10.2. The van der Waals surface area contributed by atoms with Gasteiger partial charge in [0.1, 0.15) is 0 Å². The average molecular weight is 211 g/mol. The summed E-state index contributed by atoms with van der Waals surface area (Å²) in [5.74, 6) is 0. The Morgan fingerprint density at radius 1 is 1.33 bits per heavy atom. The molecule has 0 aromatic rings. The summed E-state index contributed by atoms with van der Waals surface area (Å²) in [6, 6.07) is 0. The normalized spacial score (nSPS) is 34.0. The van der Waals surface area contributed by atoms with Crippen molar-refractivity contribution in [2.24, 2.45) is 5.41 Å². The fraction of sp³-hybridized carbons (Fsp3) is 1.00. The quantitative estimate of drug-likeness (QED) is 0.755. The van der Waals surface area contributed by atoms with Crippen LogP contribution in [0.2, 0.25) is 0 Å². The van der Waals surface area contributed by atoms with Crippen LogP contribution >= 0.6 is 0 Å². The van der Waals surface area contributed by atoms with Gasteiger partial charge in [-0.3, -0.25) is 0 Å². The predicted molar refractivity (Wildman–Crippen MR) is 63.0 cm³/mol. The molecule has 2 heteroatoms. The molecule has 2 aliphatic rings. The second kappa shape index (κ2) is 4.84. The van der Waals surface area contributed by atoms with Crippen LogP contribution in [0.1, 0.15) is 52.4 Å². The third-order valence-electron chi connectivity index (χ3n) is 4.36. The van der Waals surface area contributed by atoms with E-state index in [1.165, 1.54) is 45.1 Å². The summed E-state index contributed by atoms with van der Waals surface area (Å²) in [6.45, 7) is 6.78. The highest BCUT2D eigenvalue weighted by atomic mass is 16.5. The first-order valence-corrected chi connectivity index (χ1v) is 6.60. The molecule has 1 saturated heterocycles. The van der Waals surface area contributed by atoms with Gasteiger partial charge in [-0.25, -0.2) is 0 Å². The molecular weight excluding hydrogens is 186 g/mol. The molecule has 1 N–H and O–H groups in total. The maximum absolute atomic E-state index is 5.80. The van der Waals surface area contributed by atoms with Gasteiger partial charge in [0.15, 0.2) is 0 Å². The largest absolute Gasteiger partial charge is 0.374 e. The summed E-state index contributed by atoms with van der Waals surface area (Å²) >= 11 is 0.